The highest BCUT2D eigenvalue weighted by Crippen LogP contribution is 2.33. The molecule has 0 saturated carbocycles. The van der Waals surface area contributed by atoms with E-state index < -0.39 is 11.6 Å². The molecular weight excluding hydrogens is 378 g/mol. The van der Waals surface area contributed by atoms with E-state index in [2.05, 4.69) is 25.3 Å². The summed E-state index contributed by atoms with van der Waals surface area (Å²) >= 11 is 0. The quantitative estimate of drug-likeness (QED) is 0.721. The van der Waals surface area contributed by atoms with Crippen LogP contribution in [0.15, 0.2) is 41.7 Å². The first-order valence-corrected chi connectivity index (χ1v) is 9.29. The number of aromatic nitrogens is 3. The van der Waals surface area contributed by atoms with Gasteiger partial charge in [0.05, 0.1) is 42.5 Å². The van der Waals surface area contributed by atoms with Crippen LogP contribution < -0.4 is 10.2 Å². The van der Waals surface area contributed by atoms with Crippen LogP contribution in [0.3, 0.4) is 0 Å². The average Bonchev–Trinajstić information content (AvgIpc) is 3.00. The SMILES string of the molecule is Cc1cnn2c1N=C(c1c(F)cccc1F)Nc1cnc(N3CCOCC3)cc1-2. The molecule has 0 aliphatic carbocycles. The number of pyridine rings is 1. The summed E-state index contributed by atoms with van der Waals surface area (Å²) in [6.07, 6.45) is 3.32. The molecule has 0 atom stereocenters. The number of benzene rings is 1. The van der Waals surface area contributed by atoms with Gasteiger partial charge in [-0.1, -0.05) is 6.07 Å². The monoisotopic (exact) mass is 396 g/mol. The Hall–Kier alpha value is -3.33. The van der Waals surface area contributed by atoms with E-state index in [9.17, 15) is 8.78 Å². The zero-order valence-electron chi connectivity index (χ0n) is 15.7. The molecule has 29 heavy (non-hydrogen) atoms. The van der Waals surface area contributed by atoms with E-state index in [-0.39, 0.29) is 11.4 Å². The zero-order valence-corrected chi connectivity index (χ0v) is 15.7. The summed E-state index contributed by atoms with van der Waals surface area (Å²) in [7, 11) is 0. The van der Waals surface area contributed by atoms with E-state index >= 15 is 0 Å². The molecule has 2 aliphatic heterocycles. The van der Waals surface area contributed by atoms with E-state index in [4.69, 9.17) is 4.74 Å². The van der Waals surface area contributed by atoms with Crippen LogP contribution in [-0.2, 0) is 4.74 Å². The molecule has 7 nitrogen and oxygen atoms in total. The molecule has 0 amide bonds. The summed E-state index contributed by atoms with van der Waals surface area (Å²) in [6.45, 7) is 4.62. The lowest BCUT2D eigenvalue weighted by molar-refractivity contribution is 0.122. The fraction of sp³-hybridized carbons (Fsp3) is 0.250. The highest BCUT2D eigenvalue weighted by atomic mass is 19.1. The van der Waals surface area contributed by atoms with Gasteiger partial charge in [0, 0.05) is 24.7 Å². The zero-order chi connectivity index (χ0) is 20.0. The number of nitrogens with zero attached hydrogens (tertiary/aromatic N) is 5. The van der Waals surface area contributed by atoms with Crippen molar-refractivity contribution in [1.82, 2.24) is 14.8 Å². The third-order valence-electron chi connectivity index (χ3n) is 5.02. The molecule has 1 fully saturated rings. The van der Waals surface area contributed by atoms with Crippen molar-refractivity contribution in [3.63, 3.8) is 0 Å². The number of ether oxygens (including phenoxy) is 1. The molecule has 5 rings (SSSR count). The standard InChI is InChI=1S/C20H18F2N6O/c1-12-10-24-28-16-9-17(27-5-7-29-8-6-27)23-11-15(16)25-19(26-20(12)28)18-13(21)3-2-4-14(18)22/h2-4,9-11H,5-8H2,1H3,(H,25,26). The number of fused-ring (bicyclic) bond motifs is 3. The molecule has 1 aromatic carbocycles. The Morgan fingerprint density at radius 1 is 1.10 bits per heavy atom. The lowest BCUT2D eigenvalue weighted by Crippen LogP contribution is -2.36. The van der Waals surface area contributed by atoms with Crippen molar-refractivity contribution in [3.05, 3.63) is 59.4 Å². The topological polar surface area (TPSA) is 67.6 Å². The van der Waals surface area contributed by atoms with E-state index in [0.29, 0.717) is 30.4 Å². The van der Waals surface area contributed by atoms with E-state index in [1.807, 2.05) is 13.0 Å². The molecule has 2 aromatic heterocycles. The third-order valence-corrected chi connectivity index (χ3v) is 5.02. The fourth-order valence-corrected chi connectivity index (χ4v) is 3.51. The average molecular weight is 396 g/mol. The Morgan fingerprint density at radius 2 is 1.86 bits per heavy atom. The van der Waals surface area contributed by atoms with Crippen LogP contribution in [0, 0.1) is 18.6 Å². The summed E-state index contributed by atoms with van der Waals surface area (Å²) < 4.78 is 35.9. The lowest BCUT2D eigenvalue weighted by Gasteiger charge is -2.28. The van der Waals surface area contributed by atoms with Crippen molar-refractivity contribution in [2.24, 2.45) is 4.99 Å². The van der Waals surface area contributed by atoms with Crippen LogP contribution >= 0.6 is 0 Å². The molecule has 9 heteroatoms. The second kappa shape index (κ2) is 6.93. The maximum atomic E-state index is 14.4. The Morgan fingerprint density at radius 3 is 2.62 bits per heavy atom. The van der Waals surface area contributed by atoms with Crippen molar-refractivity contribution in [1.29, 1.82) is 0 Å². The molecule has 3 aromatic rings. The lowest BCUT2D eigenvalue weighted by atomic mass is 10.1. The van der Waals surface area contributed by atoms with Gasteiger partial charge in [-0.05, 0) is 19.1 Å². The smallest absolute Gasteiger partial charge is 0.161 e. The van der Waals surface area contributed by atoms with Crippen molar-refractivity contribution in [2.45, 2.75) is 6.92 Å². The number of anilines is 2. The highest BCUT2D eigenvalue weighted by Gasteiger charge is 2.24. The van der Waals surface area contributed by atoms with Crippen molar-refractivity contribution < 1.29 is 13.5 Å². The van der Waals surface area contributed by atoms with Crippen LogP contribution in [0.4, 0.5) is 26.1 Å². The van der Waals surface area contributed by atoms with Crippen molar-refractivity contribution in [2.75, 3.05) is 36.5 Å². The Labute approximate surface area is 165 Å². The molecule has 4 heterocycles. The normalized spacial score (nSPS) is 15.8. The molecule has 1 N–H and O–H groups in total. The second-order valence-electron chi connectivity index (χ2n) is 6.90. The summed E-state index contributed by atoms with van der Waals surface area (Å²) in [4.78, 5) is 11.2. The number of aliphatic imine (C=N–C) groups is 1. The minimum atomic E-state index is -0.693. The van der Waals surface area contributed by atoms with E-state index in [0.717, 1.165) is 24.5 Å². The first-order valence-electron chi connectivity index (χ1n) is 9.29. The minimum absolute atomic E-state index is 0.0742. The van der Waals surface area contributed by atoms with Gasteiger partial charge in [-0.15, -0.1) is 0 Å². The van der Waals surface area contributed by atoms with Gasteiger partial charge in [-0.3, -0.25) is 0 Å². The number of morpholine rings is 1. The van der Waals surface area contributed by atoms with Gasteiger partial charge in [0.2, 0.25) is 0 Å². The Bertz CT molecular complexity index is 1100. The van der Waals surface area contributed by atoms with Gasteiger partial charge in [-0.25, -0.2) is 23.4 Å². The van der Waals surface area contributed by atoms with Gasteiger partial charge in [0.15, 0.2) is 5.82 Å². The maximum Gasteiger partial charge on any atom is 0.161 e. The summed E-state index contributed by atoms with van der Waals surface area (Å²) in [5, 5.41) is 7.48. The van der Waals surface area contributed by atoms with Crippen molar-refractivity contribution in [3.8, 4) is 5.69 Å². The maximum absolute atomic E-state index is 14.4. The number of amidine groups is 1. The number of halogens is 2. The predicted octanol–water partition coefficient (Wildman–Crippen LogP) is 3.19. The van der Waals surface area contributed by atoms with Crippen LogP contribution in [0.2, 0.25) is 0 Å². The van der Waals surface area contributed by atoms with Crippen LogP contribution in [0.5, 0.6) is 0 Å². The number of nitrogens with one attached hydrogen (secondary N) is 1. The number of hydrogen-bond acceptors (Lipinski definition) is 6. The third kappa shape index (κ3) is 3.03. The summed E-state index contributed by atoms with van der Waals surface area (Å²) in [6, 6.07) is 5.64. The highest BCUT2D eigenvalue weighted by molar-refractivity contribution is 6.11. The Balaban J connectivity index is 1.66. The van der Waals surface area contributed by atoms with E-state index in [1.54, 1.807) is 17.1 Å². The minimum Gasteiger partial charge on any atom is -0.378 e. The molecule has 0 spiro atoms. The van der Waals surface area contributed by atoms with Gasteiger partial charge in [0.25, 0.3) is 0 Å². The second-order valence-corrected chi connectivity index (χ2v) is 6.90. The molecule has 2 aliphatic rings. The van der Waals surface area contributed by atoms with Gasteiger partial charge >= 0.3 is 0 Å². The Kier molecular flexibility index (Phi) is 4.24. The van der Waals surface area contributed by atoms with Crippen molar-refractivity contribution >= 4 is 23.2 Å². The van der Waals surface area contributed by atoms with E-state index in [1.165, 1.54) is 18.2 Å². The first kappa shape index (κ1) is 17.7. The van der Waals surface area contributed by atoms with Crippen LogP contribution in [0.25, 0.3) is 5.69 Å². The molecule has 148 valence electrons. The number of aryl methyl sites for hydroxylation is 1. The number of hydrogen-bond donors (Lipinski definition) is 1. The molecule has 0 radical (unpaired) electrons. The van der Waals surface area contributed by atoms with Crippen LogP contribution in [0.1, 0.15) is 11.1 Å². The molecule has 1 saturated heterocycles. The van der Waals surface area contributed by atoms with Gasteiger partial charge in [-0.2, -0.15) is 5.10 Å². The predicted molar refractivity (Wildman–Crippen MR) is 105 cm³/mol. The summed E-state index contributed by atoms with van der Waals surface area (Å²) in [5.41, 5.74) is 1.84. The van der Waals surface area contributed by atoms with Crippen LogP contribution in [-0.4, -0.2) is 46.9 Å². The summed E-state index contributed by atoms with van der Waals surface area (Å²) in [5.74, 6) is -0.0192. The fourth-order valence-electron chi connectivity index (χ4n) is 3.51. The van der Waals surface area contributed by atoms with Gasteiger partial charge < -0.3 is 15.0 Å². The molecular formula is C20H18F2N6O. The molecule has 0 unspecified atom stereocenters. The first-order chi connectivity index (χ1) is 14.1. The largest absolute Gasteiger partial charge is 0.378 e. The van der Waals surface area contributed by atoms with Gasteiger partial charge in [0.1, 0.15) is 23.3 Å². The number of rotatable bonds is 2. The molecule has 0 bridgehead atoms.